The molecule has 2 N–H and O–H groups in total. The quantitative estimate of drug-likeness (QED) is 0.585. The number of nitrogens with zero attached hydrogens (tertiary/aromatic N) is 2. The van der Waals surface area contributed by atoms with Crippen molar-refractivity contribution in [3.63, 3.8) is 0 Å². The van der Waals surface area contributed by atoms with Crippen LogP contribution in [0.15, 0.2) is 29.3 Å². The lowest BCUT2D eigenvalue weighted by molar-refractivity contribution is 0.0963. The maximum atomic E-state index is 12.9. The fourth-order valence-electron chi connectivity index (χ4n) is 2.84. The standard InChI is InChI=1S/C19H29FN4O3/c1-4-26-19(25)24-11-9-16(10-12-24)23-18(21-3)22-13-14(2)27-17-7-5-15(20)6-8-17/h5-8,14,16H,4,9-13H2,1-3H3,(H2,21,22,23). The third-order valence-corrected chi connectivity index (χ3v) is 4.29. The SMILES string of the molecule is CCOC(=O)N1CCC(NC(=NC)NCC(C)Oc2ccc(F)cc2)CC1. The van der Waals surface area contributed by atoms with Crippen LogP contribution in [0.2, 0.25) is 0 Å². The summed E-state index contributed by atoms with van der Waals surface area (Å²) in [6.45, 7) is 6.02. The van der Waals surface area contributed by atoms with Crippen molar-refractivity contribution in [3.8, 4) is 5.75 Å². The minimum atomic E-state index is -0.285. The maximum absolute atomic E-state index is 12.9. The zero-order valence-corrected chi connectivity index (χ0v) is 16.2. The first-order valence-corrected chi connectivity index (χ1v) is 9.33. The zero-order chi connectivity index (χ0) is 19.6. The predicted octanol–water partition coefficient (Wildman–Crippen LogP) is 2.38. The van der Waals surface area contributed by atoms with E-state index in [4.69, 9.17) is 9.47 Å². The molecular formula is C19H29FN4O3. The van der Waals surface area contributed by atoms with Crippen LogP contribution in [0.25, 0.3) is 0 Å². The summed E-state index contributed by atoms with van der Waals surface area (Å²) in [4.78, 5) is 17.7. The average molecular weight is 380 g/mol. The number of amides is 1. The molecule has 2 rings (SSSR count). The van der Waals surface area contributed by atoms with E-state index in [1.807, 2.05) is 13.8 Å². The van der Waals surface area contributed by atoms with Crippen molar-refractivity contribution in [2.24, 2.45) is 4.99 Å². The summed E-state index contributed by atoms with van der Waals surface area (Å²) in [6.07, 6.45) is 1.31. The van der Waals surface area contributed by atoms with Crippen LogP contribution in [-0.4, -0.2) is 62.4 Å². The number of hydrogen-bond acceptors (Lipinski definition) is 4. The van der Waals surface area contributed by atoms with E-state index in [2.05, 4.69) is 15.6 Å². The van der Waals surface area contributed by atoms with Crippen LogP contribution in [0.4, 0.5) is 9.18 Å². The van der Waals surface area contributed by atoms with Gasteiger partial charge >= 0.3 is 6.09 Å². The Hall–Kier alpha value is -2.51. The molecule has 0 spiro atoms. The number of carbonyl (C=O) groups excluding carboxylic acids is 1. The number of carbonyl (C=O) groups is 1. The van der Waals surface area contributed by atoms with Crippen molar-refractivity contribution >= 4 is 12.1 Å². The molecule has 0 saturated carbocycles. The molecule has 7 nitrogen and oxygen atoms in total. The Morgan fingerprint density at radius 2 is 2.00 bits per heavy atom. The van der Waals surface area contributed by atoms with E-state index in [0.717, 1.165) is 12.8 Å². The molecule has 1 saturated heterocycles. The molecule has 27 heavy (non-hydrogen) atoms. The molecular weight excluding hydrogens is 351 g/mol. The molecule has 1 aromatic rings. The minimum absolute atomic E-state index is 0.111. The lowest BCUT2D eigenvalue weighted by Crippen LogP contribution is -2.50. The summed E-state index contributed by atoms with van der Waals surface area (Å²) < 4.78 is 23.7. The van der Waals surface area contributed by atoms with Crippen LogP contribution in [0.3, 0.4) is 0 Å². The Morgan fingerprint density at radius 1 is 1.33 bits per heavy atom. The summed E-state index contributed by atoms with van der Waals surface area (Å²) in [6, 6.07) is 6.21. The molecule has 0 bridgehead atoms. The molecule has 0 aromatic heterocycles. The van der Waals surface area contributed by atoms with Gasteiger partial charge in [-0.2, -0.15) is 0 Å². The molecule has 150 valence electrons. The third-order valence-electron chi connectivity index (χ3n) is 4.29. The van der Waals surface area contributed by atoms with Crippen LogP contribution < -0.4 is 15.4 Å². The molecule has 1 unspecified atom stereocenters. The lowest BCUT2D eigenvalue weighted by atomic mass is 10.1. The van der Waals surface area contributed by atoms with Crippen LogP contribution in [0, 0.1) is 5.82 Å². The number of guanidine groups is 1. The van der Waals surface area contributed by atoms with E-state index in [1.54, 1.807) is 24.1 Å². The van der Waals surface area contributed by atoms with E-state index in [-0.39, 0.29) is 24.1 Å². The van der Waals surface area contributed by atoms with Crippen molar-refractivity contribution in [1.82, 2.24) is 15.5 Å². The summed E-state index contributed by atoms with van der Waals surface area (Å²) in [5.74, 6) is 1.03. The van der Waals surface area contributed by atoms with Gasteiger partial charge in [-0.05, 0) is 51.0 Å². The Morgan fingerprint density at radius 3 is 2.59 bits per heavy atom. The Balaban J connectivity index is 1.71. The van der Waals surface area contributed by atoms with Crippen molar-refractivity contribution in [1.29, 1.82) is 0 Å². The van der Waals surface area contributed by atoms with E-state index >= 15 is 0 Å². The first-order chi connectivity index (χ1) is 13.0. The molecule has 1 aliphatic rings. The number of piperidine rings is 1. The Kier molecular flexibility index (Phi) is 8.16. The van der Waals surface area contributed by atoms with Crippen LogP contribution in [0.1, 0.15) is 26.7 Å². The number of benzene rings is 1. The van der Waals surface area contributed by atoms with E-state index in [9.17, 15) is 9.18 Å². The molecule has 1 fully saturated rings. The smallest absolute Gasteiger partial charge is 0.409 e. The lowest BCUT2D eigenvalue weighted by Gasteiger charge is -2.32. The highest BCUT2D eigenvalue weighted by Crippen LogP contribution is 2.13. The fraction of sp³-hybridized carbons (Fsp3) is 0.579. The number of ether oxygens (including phenoxy) is 2. The molecule has 1 aliphatic heterocycles. The van der Waals surface area contributed by atoms with Crippen molar-refractivity contribution in [3.05, 3.63) is 30.1 Å². The van der Waals surface area contributed by atoms with Crippen LogP contribution in [-0.2, 0) is 4.74 Å². The number of likely N-dealkylation sites (tertiary alicyclic amines) is 1. The summed E-state index contributed by atoms with van der Waals surface area (Å²) in [7, 11) is 1.72. The van der Waals surface area contributed by atoms with Gasteiger partial charge in [-0.25, -0.2) is 9.18 Å². The molecule has 0 aliphatic carbocycles. The first kappa shape index (κ1) is 20.8. The first-order valence-electron chi connectivity index (χ1n) is 9.33. The molecule has 1 atom stereocenters. The number of halogens is 1. The second-order valence-electron chi connectivity index (χ2n) is 6.44. The zero-order valence-electron chi connectivity index (χ0n) is 16.2. The van der Waals surface area contributed by atoms with E-state index < -0.39 is 0 Å². The van der Waals surface area contributed by atoms with Gasteiger partial charge < -0.3 is 25.0 Å². The van der Waals surface area contributed by atoms with Crippen molar-refractivity contribution < 1.29 is 18.7 Å². The van der Waals surface area contributed by atoms with Gasteiger partial charge in [-0.1, -0.05) is 0 Å². The van der Waals surface area contributed by atoms with Gasteiger partial charge in [0.25, 0.3) is 0 Å². The Bertz CT molecular complexity index is 616. The Labute approximate surface area is 159 Å². The highest BCUT2D eigenvalue weighted by molar-refractivity contribution is 5.80. The normalized spacial score (nSPS) is 16.6. The molecule has 1 aromatic carbocycles. The topological polar surface area (TPSA) is 75.2 Å². The van der Waals surface area contributed by atoms with Gasteiger partial charge in [0.15, 0.2) is 5.96 Å². The largest absolute Gasteiger partial charge is 0.489 e. The van der Waals surface area contributed by atoms with Gasteiger partial charge in [0, 0.05) is 26.2 Å². The summed E-state index contributed by atoms with van der Waals surface area (Å²) in [5.41, 5.74) is 0. The minimum Gasteiger partial charge on any atom is -0.489 e. The van der Waals surface area contributed by atoms with E-state index in [1.165, 1.54) is 12.1 Å². The number of aliphatic imine (C=N–C) groups is 1. The number of rotatable bonds is 6. The van der Waals surface area contributed by atoms with Crippen molar-refractivity contribution in [2.75, 3.05) is 33.3 Å². The molecule has 1 amide bonds. The predicted molar refractivity (Wildman–Crippen MR) is 103 cm³/mol. The van der Waals surface area contributed by atoms with E-state index in [0.29, 0.717) is 38.0 Å². The molecule has 1 heterocycles. The highest BCUT2D eigenvalue weighted by atomic mass is 19.1. The van der Waals surface area contributed by atoms with Gasteiger partial charge in [0.05, 0.1) is 13.2 Å². The van der Waals surface area contributed by atoms with Crippen LogP contribution >= 0.6 is 0 Å². The third kappa shape index (κ3) is 6.96. The highest BCUT2D eigenvalue weighted by Gasteiger charge is 2.24. The maximum Gasteiger partial charge on any atom is 0.409 e. The second-order valence-corrected chi connectivity index (χ2v) is 6.44. The van der Waals surface area contributed by atoms with Gasteiger partial charge in [0.1, 0.15) is 17.7 Å². The van der Waals surface area contributed by atoms with Crippen molar-refractivity contribution in [2.45, 2.75) is 38.8 Å². The van der Waals surface area contributed by atoms with Gasteiger partial charge in [-0.15, -0.1) is 0 Å². The fourth-order valence-corrected chi connectivity index (χ4v) is 2.84. The molecule has 0 radical (unpaired) electrons. The molecule has 8 heteroatoms. The number of nitrogens with one attached hydrogen (secondary N) is 2. The summed E-state index contributed by atoms with van der Waals surface area (Å²) in [5, 5.41) is 6.62. The monoisotopic (exact) mass is 380 g/mol. The van der Waals surface area contributed by atoms with Gasteiger partial charge in [0.2, 0.25) is 0 Å². The number of hydrogen-bond donors (Lipinski definition) is 2. The van der Waals surface area contributed by atoms with Gasteiger partial charge in [-0.3, -0.25) is 4.99 Å². The van der Waals surface area contributed by atoms with Crippen LogP contribution in [0.5, 0.6) is 5.75 Å². The second kappa shape index (κ2) is 10.6. The average Bonchev–Trinajstić information content (AvgIpc) is 2.67. The summed E-state index contributed by atoms with van der Waals surface area (Å²) >= 11 is 0.